The summed E-state index contributed by atoms with van der Waals surface area (Å²) in [6, 6.07) is 2.43. The third kappa shape index (κ3) is 2.70. The first-order valence-corrected chi connectivity index (χ1v) is 7.07. The van der Waals surface area contributed by atoms with Gasteiger partial charge in [0.15, 0.2) is 0 Å². The maximum Gasteiger partial charge on any atom is 0.230 e. The van der Waals surface area contributed by atoms with Crippen LogP contribution in [0.2, 0.25) is 0 Å². The van der Waals surface area contributed by atoms with Gasteiger partial charge >= 0.3 is 0 Å². The molecule has 0 radical (unpaired) electrons. The molecule has 0 aliphatic heterocycles. The summed E-state index contributed by atoms with van der Waals surface area (Å²) in [7, 11) is 2.02. The van der Waals surface area contributed by atoms with Crippen molar-refractivity contribution < 1.29 is 4.52 Å². The predicted octanol–water partition coefficient (Wildman–Crippen LogP) is 2.08. The minimum Gasteiger partial charge on any atom is -0.339 e. The van der Waals surface area contributed by atoms with Gasteiger partial charge in [-0.05, 0) is 45.7 Å². The van der Waals surface area contributed by atoms with E-state index in [2.05, 4.69) is 25.4 Å². The van der Waals surface area contributed by atoms with Crippen molar-refractivity contribution in [3.05, 3.63) is 24.0 Å². The Labute approximate surface area is 118 Å². The van der Waals surface area contributed by atoms with E-state index < -0.39 is 0 Å². The third-order valence-electron chi connectivity index (χ3n) is 3.93. The lowest BCUT2D eigenvalue weighted by atomic mass is 9.86. The van der Waals surface area contributed by atoms with Crippen molar-refractivity contribution in [1.82, 2.24) is 25.4 Å². The van der Waals surface area contributed by atoms with Crippen LogP contribution >= 0.6 is 0 Å². The molecule has 0 saturated heterocycles. The number of hydrogen-bond acceptors (Lipinski definition) is 6. The van der Waals surface area contributed by atoms with E-state index in [1.165, 1.54) is 0 Å². The Morgan fingerprint density at radius 3 is 2.70 bits per heavy atom. The molecule has 3 rings (SSSR count). The van der Waals surface area contributed by atoms with Gasteiger partial charge in [-0.1, -0.05) is 5.16 Å². The topological polar surface area (TPSA) is 76.7 Å². The zero-order valence-electron chi connectivity index (χ0n) is 11.8. The molecular formula is C14H19N5O. The van der Waals surface area contributed by atoms with Crippen LogP contribution in [-0.2, 0) is 0 Å². The number of nitrogens with one attached hydrogen (secondary N) is 1. The van der Waals surface area contributed by atoms with Crippen molar-refractivity contribution in [2.45, 2.75) is 44.6 Å². The van der Waals surface area contributed by atoms with E-state index in [9.17, 15) is 0 Å². The highest BCUT2D eigenvalue weighted by atomic mass is 16.5. The van der Waals surface area contributed by atoms with Gasteiger partial charge in [0.05, 0.1) is 0 Å². The second-order valence-corrected chi connectivity index (χ2v) is 5.28. The molecule has 1 fully saturated rings. The molecule has 0 amide bonds. The van der Waals surface area contributed by atoms with Crippen molar-refractivity contribution in [2.75, 3.05) is 7.05 Å². The fourth-order valence-electron chi connectivity index (χ4n) is 2.71. The van der Waals surface area contributed by atoms with E-state index in [-0.39, 0.29) is 0 Å². The van der Waals surface area contributed by atoms with Gasteiger partial charge in [0.1, 0.15) is 11.5 Å². The molecule has 1 saturated carbocycles. The molecule has 106 valence electrons. The molecule has 20 heavy (non-hydrogen) atoms. The van der Waals surface area contributed by atoms with Crippen LogP contribution in [0.4, 0.5) is 0 Å². The van der Waals surface area contributed by atoms with Crippen LogP contribution in [0.1, 0.15) is 43.3 Å². The quantitative estimate of drug-likeness (QED) is 0.922. The Bertz CT molecular complexity index is 574. The zero-order chi connectivity index (χ0) is 13.9. The Balaban J connectivity index is 1.74. The number of aromatic nitrogens is 4. The Morgan fingerprint density at radius 2 is 2.00 bits per heavy atom. The molecular weight excluding hydrogens is 254 g/mol. The van der Waals surface area contributed by atoms with Crippen molar-refractivity contribution in [1.29, 1.82) is 0 Å². The molecule has 1 aliphatic rings. The Kier molecular flexibility index (Phi) is 3.73. The summed E-state index contributed by atoms with van der Waals surface area (Å²) in [6.07, 6.45) is 6.22. The summed E-state index contributed by atoms with van der Waals surface area (Å²) in [6.45, 7) is 1.85. The average molecular weight is 273 g/mol. The second kappa shape index (κ2) is 5.66. The molecule has 0 atom stereocenters. The minimum atomic E-state index is 0.379. The van der Waals surface area contributed by atoms with E-state index in [0.29, 0.717) is 23.6 Å². The lowest BCUT2D eigenvalue weighted by molar-refractivity contribution is 0.288. The molecule has 0 bridgehead atoms. The molecule has 2 aromatic rings. The van der Waals surface area contributed by atoms with Crippen LogP contribution in [0.15, 0.2) is 16.8 Å². The van der Waals surface area contributed by atoms with Crippen molar-refractivity contribution in [3.8, 4) is 11.5 Å². The van der Waals surface area contributed by atoms with Gasteiger partial charge in [0, 0.05) is 18.2 Å². The molecule has 0 unspecified atom stereocenters. The number of rotatable bonds is 3. The van der Waals surface area contributed by atoms with Gasteiger partial charge in [-0.2, -0.15) is 4.98 Å². The maximum absolute atomic E-state index is 5.43. The first kappa shape index (κ1) is 13.2. The molecule has 2 heterocycles. The summed E-state index contributed by atoms with van der Waals surface area (Å²) in [5.41, 5.74) is 0.719. The van der Waals surface area contributed by atoms with Gasteiger partial charge in [-0.3, -0.25) is 0 Å². The smallest absolute Gasteiger partial charge is 0.230 e. The standard InChI is InChI=1S/C14H19N5O/c1-9-16-8-7-12(17-9)13-18-14(20-19-13)10-3-5-11(15-2)6-4-10/h7-8,10-11,15H,3-6H2,1-2H3. The first-order valence-electron chi connectivity index (χ1n) is 7.07. The first-order chi connectivity index (χ1) is 9.76. The monoisotopic (exact) mass is 273 g/mol. The van der Waals surface area contributed by atoms with Crippen LogP contribution in [-0.4, -0.2) is 33.2 Å². The summed E-state index contributed by atoms with van der Waals surface area (Å²) in [5, 5.41) is 7.38. The highest BCUT2D eigenvalue weighted by Gasteiger charge is 2.26. The van der Waals surface area contributed by atoms with E-state index in [1.54, 1.807) is 12.3 Å². The van der Waals surface area contributed by atoms with Crippen LogP contribution in [0.5, 0.6) is 0 Å². The number of nitrogens with zero attached hydrogens (tertiary/aromatic N) is 4. The molecule has 6 nitrogen and oxygen atoms in total. The summed E-state index contributed by atoms with van der Waals surface area (Å²) in [4.78, 5) is 12.9. The van der Waals surface area contributed by atoms with Crippen LogP contribution in [0.25, 0.3) is 11.5 Å². The lowest BCUT2D eigenvalue weighted by Gasteiger charge is -2.25. The van der Waals surface area contributed by atoms with Crippen LogP contribution in [0.3, 0.4) is 0 Å². The van der Waals surface area contributed by atoms with E-state index in [1.807, 2.05) is 14.0 Å². The lowest BCUT2D eigenvalue weighted by Crippen LogP contribution is -2.29. The average Bonchev–Trinajstić information content (AvgIpc) is 2.97. The van der Waals surface area contributed by atoms with Crippen molar-refractivity contribution in [3.63, 3.8) is 0 Å². The zero-order valence-corrected chi connectivity index (χ0v) is 11.8. The largest absolute Gasteiger partial charge is 0.339 e. The van der Waals surface area contributed by atoms with Gasteiger partial charge in [0.25, 0.3) is 0 Å². The normalized spacial score (nSPS) is 22.9. The van der Waals surface area contributed by atoms with Gasteiger partial charge in [-0.15, -0.1) is 0 Å². The van der Waals surface area contributed by atoms with Gasteiger partial charge in [0.2, 0.25) is 11.7 Å². The second-order valence-electron chi connectivity index (χ2n) is 5.28. The highest BCUT2D eigenvalue weighted by molar-refractivity contribution is 5.47. The van der Waals surface area contributed by atoms with E-state index >= 15 is 0 Å². The van der Waals surface area contributed by atoms with Gasteiger partial charge < -0.3 is 9.84 Å². The summed E-state index contributed by atoms with van der Waals surface area (Å²) < 4.78 is 5.43. The van der Waals surface area contributed by atoms with Crippen molar-refractivity contribution in [2.24, 2.45) is 0 Å². The van der Waals surface area contributed by atoms with E-state index in [4.69, 9.17) is 4.52 Å². The molecule has 1 N–H and O–H groups in total. The van der Waals surface area contributed by atoms with Crippen LogP contribution < -0.4 is 5.32 Å². The fourth-order valence-corrected chi connectivity index (χ4v) is 2.71. The Hall–Kier alpha value is -1.82. The highest BCUT2D eigenvalue weighted by Crippen LogP contribution is 2.32. The van der Waals surface area contributed by atoms with Crippen LogP contribution in [0, 0.1) is 6.92 Å². The van der Waals surface area contributed by atoms with Crippen molar-refractivity contribution >= 4 is 0 Å². The Morgan fingerprint density at radius 1 is 1.20 bits per heavy atom. The minimum absolute atomic E-state index is 0.379. The van der Waals surface area contributed by atoms with E-state index in [0.717, 1.165) is 37.3 Å². The predicted molar refractivity (Wildman–Crippen MR) is 74.1 cm³/mol. The fraction of sp³-hybridized carbons (Fsp3) is 0.571. The number of hydrogen-bond donors (Lipinski definition) is 1. The molecule has 1 aliphatic carbocycles. The SMILES string of the molecule is CNC1CCC(c2nc(-c3ccnc(C)n3)no2)CC1. The molecule has 2 aromatic heterocycles. The molecule has 0 spiro atoms. The summed E-state index contributed by atoms with van der Waals surface area (Å²) in [5.74, 6) is 2.39. The summed E-state index contributed by atoms with van der Waals surface area (Å²) >= 11 is 0. The molecule has 6 heteroatoms. The number of aryl methyl sites for hydroxylation is 1. The maximum atomic E-state index is 5.43. The third-order valence-corrected chi connectivity index (χ3v) is 3.93. The molecule has 0 aromatic carbocycles. The van der Waals surface area contributed by atoms with Gasteiger partial charge in [-0.25, -0.2) is 9.97 Å².